The second-order valence-corrected chi connectivity index (χ2v) is 3.76. The van der Waals surface area contributed by atoms with Crippen LogP contribution in [0.25, 0.3) is 0 Å². The molecule has 1 aliphatic heterocycles. The van der Waals surface area contributed by atoms with Gasteiger partial charge in [0.2, 0.25) is 0 Å². The number of pyridine rings is 1. The van der Waals surface area contributed by atoms with Crippen LogP contribution in [-0.4, -0.2) is 40.1 Å². The molecule has 0 aromatic carbocycles. The summed E-state index contributed by atoms with van der Waals surface area (Å²) in [6.45, 7) is 1.14. The molecule has 1 N–H and O–H groups in total. The van der Waals surface area contributed by atoms with Gasteiger partial charge in [0.15, 0.2) is 0 Å². The first kappa shape index (κ1) is 10.1. The predicted molar refractivity (Wildman–Crippen MR) is 55.4 cm³/mol. The smallest absolute Gasteiger partial charge is 0.272 e. The first-order valence-corrected chi connectivity index (χ1v) is 5.16. The van der Waals surface area contributed by atoms with Crippen molar-refractivity contribution in [3.05, 3.63) is 30.1 Å². The standard InChI is InChI=1S/C11H14N2O2/c14-9-4-3-7-13(8-9)11(15)10-5-1-2-6-12-10/h1-2,5-6,9,14H,3-4,7-8H2/t9-/m0/s1. The van der Waals surface area contributed by atoms with Crippen LogP contribution in [0.4, 0.5) is 0 Å². The molecule has 0 saturated carbocycles. The molecule has 0 radical (unpaired) electrons. The number of rotatable bonds is 1. The average Bonchev–Trinajstić information content (AvgIpc) is 2.29. The molecule has 0 spiro atoms. The molecule has 1 amide bonds. The summed E-state index contributed by atoms with van der Waals surface area (Å²) in [4.78, 5) is 17.6. The number of β-amino-alcohol motifs (C(OH)–C–C–N with tert-alkyl or cyclic N) is 1. The first-order valence-electron chi connectivity index (χ1n) is 5.16. The topological polar surface area (TPSA) is 53.4 Å². The molecular formula is C11H14N2O2. The molecule has 15 heavy (non-hydrogen) atoms. The van der Waals surface area contributed by atoms with E-state index in [1.165, 1.54) is 0 Å². The number of amides is 1. The highest BCUT2D eigenvalue weighted by molar-refractivity contribution is 5.92. The summed E-state index contributed by atoms with van der Waals surface area (Å²) < 4.78 is 0. The van der Waals surface area contributed by atoms with Crippen molar-refractivity contribution >= 4 is 5.91 Å². The molecule has 1 aromatic heterocycles. The zero-order chi connectivity index (χ0) is 10.7. The fourth-order valence-corrected chi connectivity index (χ4v) is 1.79. The van der Waals surface area contributed by atoms with Gasteiger partial charge in [-0.2, -0.15) is 0 Å². The Morgan fingerprint density at radius 2 is 2.40 bits per heavy atom. The van der Waals surface area contributed by atoms with Crippen molar-refractivity contribution in [2.45, 2.75) is 18.9 Å². The molecule has 0 bridgehead atoms. The number of aliphatic hydroxyl groups excluding tert-OH is 1. The van der Waals surface area contributed by atoms with Crippen LogP contribution in [0.1, 0.15) is 23.3 Å². The van der Waals surface area contributed by atoms with Crippen molar-refractivity contribution in [1.29, 1.82) is 0 Å². The van der Waals surface area contributed by atoms with Gasteiger partial charge < -0.3 is 10.0 Å². The second kappa shape index (κ2) is 4.40. The maximum Gasteiger partial charge on any atom is 0.272 e. The minimum absolute atomic E-state index is 0.0886. The van der Waals surface area contributed by atoms with E-state index in [9.17, 15) is 9.90 Å². The van der Waals surface area contributed by atoms with E-state index in [1.807, 2.05) is 0 Å². The van der Waals surface area contributed by atoms with E-state index in [2.05, 4.69) is 4.98 Å². The van der Waals surface area contributed by atoms with E-state index < -0.39 is 0 Å². The van der Waals surface area contributed by atoms with Crippen LogP contribution in [0.3, 0.4) is 0 Å². The van der Waals surface area contributed by atoms with Crippen molar-refractivity contribution in [1.82, 2.24) is 9.88 Å². The zero-order valence-corrected chi connectivity index (χ0v) is 8.47. The van der Waals surface area contributed by atoms with Gasteiger partial charge >= 0.3 is 0 Å². The lowest BCUT2D eigenvalue weighted by Crippen LogP contribution is -2.42. The highest BCUT2D eigenvalue weighted by atomic mass is 16.3. The maximum atomic E-state index is 11.9. The Labute approximate surface area is 88.6 Å². The number of aliphatic hydroxyl groups is 1. The first-order chi connectivity index (χ1) is 7.27. The fraction of sp³-hybridized carbons (Fsp3) is 0.455. The molecule has 1 atom stereocenters. The normalized spacial score (nSPS) is 21.4. The summed E-state index contributed by atoms with van der Waals surface area (Å²) in [5.41, 5.74) is 0.451. The molecule has 2 heterocycles. The lowest BCUT2D eigenvalue weighted by molar-refractivity contribution is 0.0469. The molecule has 0 aliphatic carbocycles. The number of hydrogen-bond acceptors (Lipinski definition) is 3. The molecule has 4 heteroatoms. The molecule has 0 unspecified atom stereocenters. The highest BCUT2D eigenvalue weighted by Gasteiger charge is 2.23. The quantitative estimate of drug-likeness (QED) is 0.735. The van der Waals surface area contributed by atoms with E-state index in [4.69, 9.17) is 0 Å². The lowest BCUT2D eigenvalue weighted by Gasteiger charge is -2.29. The van der Waals surface area contributed by atoms with E-state index in [0.29, 0.717) is 18.8 Å². The van der Waals surface area contributed by atoms with Crippen molar-refractivity contribution in [2.75, 3.05) is 13.1 Å². The Hall–Kier alpha value is -1.42. The minimum atomic E-state index is -0.383. The monoisotopic (exact) mass is 206 g/mol. The Bertz CT molecular complexity index is 340. The van der Waals surface area contributed by atoms with Crippen LogP contribution in [0, 0.1) is 0 Å². The predicted octanol–water partition coefficient (Wildman–Crippen LogP) is 0.678. The number of carbonyl (C=O) groups is 1. The zero-order valence-electron chi connectivity index (χ0n) is 8.47. The Morgan fingerprint density at radius 3 is 3.07 bits per heavy atom. The van der Waals surface area contributed by atoms with Crippen molar-refractivity contribution < 1.29 is 9.90 Å². The van der Waals surface area contributed by atoms with E-state index in [-0.39, 0.29) is 12.0 Å². The number of hydrogen-bond donors (Lipinski definition) is 1. The lowest BCUT2D eigenvalue weighted by atomic mass is 10.1. The third-order valence-corrected chi connectivity index (χ3v) is 2.57. The van der Waals surface area contributed by atoms with Gasteiger partial charge in [-0.3, -0.25) is 9.78 Å². The summed E-state index contributed by atoms with van der Waals surface area (Å²) in [7, 11) is 0. The number of piperidine rings is 1. The summed E-state index contributed by atoms with van der Waals surface area (Å²) >= 11 is 0. The van der Waals surface area contributed by atoms with Crippen molar-refractivity contribution in [3.63, 3.8) is 0 Å². The molecule has 1 aromatic rings. The van der Waals surface area contributed by atoms with Gasteiger partial charge in [0.05, 0.1) is 6.10 Å². The van der Waals surface area contributed by atoms with Gasteiger partial charge in [-0.15, -0.1) is 0 Å². The Morgan fingerprint density at radius 1 is 1.53 bits per heavy atom. The van der Waals surface area contributed by atoms with E-state index in [1.54, 1.807) is 29.3 Å². The number of likely N-dealkylation sites (tertiary alicyclic amines) is 1. The minimum Gasteiger partial charge on any atom is -0.391 e. The largest absolute Gasteiger partial charge is 0.391 e. The van der Waals surface area contributed by atoms with Crippen molar-refractivity contribution in [2.24, 2.45) is 0 Å². The van der Waals surface area contributed by atoms with Crippen LogP contribution >= 0.6 is 0 Å². The van der Waals surface area contributed by atoms with Gasteiger partial charge in [0.25, 0.3) is 5.91 Å². The summed E-state index contributed by atoms with van der Waals surface area (Å²) in [6, 6.07) is 5.27. The van der Waals surface area contributed by atoms with Gasteiger partial charge in [-0.05, 0) is 25.0 Å². The van der Waals surface area contributed by atoms with E-state index in [0.717, 1.165) is 12.8 Å². The third kappa shape index (κ3) is 2.33. The number of aromatic nitrogens is 1. The van der Waals surface area contributed by atoms with Gasteiger partial charge in [-0.25, -0.2) is 0 Å². The van der Waals surface area contributed by atoms with Gasteiger partial charge in [0.1, 0.15) is 5.69 Å². The molecular weight excluding hydrogens is 192 g/mol. The summed E-state index contributed by atoms with van der Waals surface area (Å²) in [6.07, 6.45) is 2.87. The molecule has 1 saturated heterocycles. The Kier molecular flexibility index (Phi) is 2.97. The molecule has 2 rings (SSSR count). The van der Waals surface area contributed by atoms with Crippen molar-refractivity contribution in [3.8, 4) is 0 Å². The SMILES string of the molecule is O=C(c1ccccn1)N1CCC[C@H](O)C1. The van der Waals surface area contributed by atoms with Crippen LogP contribution in [0.15, 0.2) is 24.4 Å². The summed E-state index contributed by atoms with van der Waals surface area (Å²) in [5, 5.41) is 9.46. The maximum absolute atomic E-state index is 11.9. The van der Waals surface area contributed by atoms with E-state index >= 15 is 0 Å². The Balaban J connectivity index is 2.08. The van der Waals surface area contributed by atoms with Crippen LogP contribution in [-0.2, 0) is 0 Å². The number of carbonyl (C=O) groups excluding carboxylic acids is 1. The van der Waals surface area contributed by atoms with Crippen LogP contribution in [0.5, 0.6) is 0 Å². The molecule has 4 nitrogen and oxygen atoms in total. The second-order valence-electron chi connectivity index (χ2n) is 3.76. The average molecular weight is 206 g/mol. The third-order valence-electron chi connectivity index (χ3n) is 2.57. The van der Waals surface area contributed by atoms with Gasteiger partial charge in [-0.1, -0.05) is 6.07 Å². The fourth-order valence-electron chi connectivity index (χ4n) is 1.79. The van der Waals surface area contributed by atoms with Gasteiger partial charge in [0, 0.05) is 19.3 Å². The highest BCUT2D eigenvalue weighted by Crippen LogP contribution is 2.12. The molecule has 80 valence electrons. The number of nitrogens with zero attached hydrogens (tertiary/aromatic N) is 2. The van der Waals surface area contributed by atoms with Crippen LogP contribution < -0.4 is 0 Å². The molecule has 1 fully saturated rings. The summed E-state index contributed by atoms with van der Waals surface area (Å²) in [5.74, 6) is -0.0886. The van der Waals surface area contributed by atoms with Crippen LogP contribution in [0.2, 0.25) is 0 Å². The molecule has 1 aliphatic rings.